The van der Waals surface area contributed by atoms with Crippen LogP contribution in [0.3, 0.4) is 0 Å². The Morgan fingerprint density at radius 3 is 2.50 bits per heavy atom. The molecule has 1 N–H and O–H groups in total. The average Bonchev–Trinajstić information content (AvgIpc) is 2.54. The Balaban J connectivity index is 2.43. The molecule has 0 bridgehead atoms. The fourth-order valence-corrected chi connectivity index (χ4v) is 3.50. The van der Waals surface area contributed by atoms with Crippen LogP contribution in [0.25, 0.3) is 0 Å². The van der Waals surface area contributed by atoms with Crippen LogP contribution in [0.2, 0.25) is 0 Å². The van der Waals surface area contributed by atoms with E-state index in [-0.39, 0.29) is 16.5 Å². The number of sulfonamides is 1. The highest BCUT2D eigenvalue weighted by Crippen LogP contribution is 2.29. The summed E-state index contributed by atoms with van der Waals surface area (Å²) >= 11 is 0. The Labute approximate surface area is 141 Å². The summed E-state index contributed by atoms with van der Waals surface area (Å²) in [7, 11) is -3.90. The molecule has 6 nitrogen and oxygen atoms in total. The fraction of sp³-hybridized carbons (Fsp3) is 0.294. The Hall–Kier alpha value is -2.41. The van der Waals surface area contributed by atoms with Gasteiger partial charge in [0.05, 0.1) is 15.5 Å². The molecule has 0 amide bonds. The lowest BCUT2D eigenvalue weighted by Crippen LogP contribution is -2.15. The number of benzene rings is 2. The van der Waals surface area contributed by atoms with Crippen molar-refractivity contribution < 1.29 is 13.3 Å². The van der Waals surface area contributed by atoms with Gasteiger partial charge in [-0.05, 0) is 37.0 Å². The molecule has 0 spiro atoms. The molecule has 0 saturated carbocycles. The van der Waals surface area contributed by atoms with Gasteiger partial charge in [0, 0.05) is 11.6 Å². The lowest BCUT2D eigenvalue weighted by atomic mass is 9.97. The number of rotatable bonds is 6. The van der Waals surface area contributed by atoms with Crippen LogP contribution in [0.4, 0.5) is 11.4 Å². The van der Waals surface area contributed by atoms with Gasteiger partial charge >= 0.3 is 0 Å². The molecule has 0 saturated heterocycles. The number of nitrogens with one attached hydrogen (secondary N) is 1. The molecule has 2 rings (SSSR count). The van der Waals surface area contributed by atoms with Crippen molar-refractivity contribution in [2.45, 2.75) is 38.0 Å². The standard InChI is InChI=1S/C17H20N2O4S/c1-4-12(2)15-7-5-6-8-16(15)18-24(22,23)14-10-9-13(3)17(11-14)19(20)21/h5-12,18H,4H2,1-3H3/t12-/m1/s1. The van der Waals surface area contributed by atoms with Gasteiger partial charge < -0.3 is 0 Å². The molecule has 0 heterocycles. The van der Waals surface area contributed by atoms with Gasteiger partial charge in [0.15, 0.2) is 0 Å². The zero-order chi connectivity index (χ0) is 17.9. The molecule has 0 aliphatic heterocycles. The number of para-hydroxylation sites is 1. The van der Waals surface area contributed by atoms with Gasteiger partial charge in [-0.1, -0.05) is 38.1 Å². The smallest absolute Gasteiger partial charge is 0.273 e. The number of anilines is 1. The third-order valence-corrected chi connectivity index (χ3v) is 5.40. The van der Waals surface area contributed by atoms with Crippen molar-refractivity contribution in [3.05, 3.63) is 63.7 Å². The third kappa shape index (κ3) is 3.73. The second-order valence-electron chi connectivity index (χ2n) is 5.71. The lowest BCUT2D eigenvalue weighted by Gasteiger charge is -2.16. The van der Waals surface area contributed by atoms with Crippen molar-refractivity contribution in [3.63, 3.8) is 0 Å². The van der Waals surface area contributed by atoms with E-state index in [9.17, 15) is 18.5 Å². The highest BCUT2D eigenvalue weighted by Gasteiger charge is 2.21. The van der Waals surface area contributed by atoms with Crippen molar-refractivity contribution in [2.75, 3.05) is 4.72 Å². The maximum atomic E-state index is 12.6. The number of nitrogens with zero attached hydrogens (tertiary/aromatic N) is 1. The highest BCUT2D eigenvalue weighted by atomic mass is 32.2. The molecule has 0 radical (unpaired) electrons. The van der Waals surface area contributed by atoms with Crippen molar-refractivity contribution in [3.8, 4) is 0 Å². The van der Waals surface area contributed by atoms with E-state index in [1.54, 1.807) is 19.1 Å². The number of nitro groups is 1. The summed E-state index contributed by atoms with van der Waals surface area (Å²) in [4.78, 5) is 10.3. The minimum atomic E-state index is -3.90. The summed E-state index contributed by atoms with van der Waals surface area (Å²) in [6, 6.07) is 11.1. The van der Waals surface area contributed by atoms with Crippen LogP contribution in [-0.2, 0) is 10.0 Å². The number of aryl methyl sites for hydroxylation is 1. The quantitative estimate of drug-likeness (QED) is 0.625. The maximum Gasteiger partial charge on any atom is 0.273 e. The molecule has 2 aromatic carbocycles. The van der Waals surface area contributed by atoms with E-state index < -0.39 is 14.9 Å². The van der Waals surface area contributed by atoms with Crippen LogP contribution >= 0.6 is 0 Å². The van der Waals surface area contributed by atoms with Crippen molar-refractivity contribution in [1.82, 2.24) is 0 Å². The normalized spacial score (nSPS) is 12.6. The molecule has 0 aliphatic rings. The van der Waals surface area contributed by atoms with Crippen LogP contribution in [0, 0.1) is 17.0 Å². The minimum Gasteiger partial charge on any atom is -0.279 e. The topological polar surface area (TPSA) is 89.3 Å². The zero-order valence-corrected chi connectivity index (χ0v) is 14.6. The van der Waals surface area contributed by atoms with Gasteiger partial charge in [-0.3, -0.25) is 14.8 Å². The van der Waals surface area contributed by atoms with Crippen LogP contribution in [0.1, 0.15) is 37.3 Å². The van der Waals surface area contributed by atoms with Crippen LogP contribution in [0.15, 0.2) is 47.4 Å². The molecule has 0 unspecified atom stereocenters. The molecular weight excluding hydrogens is 328 g/mol. The second-order valence-corrected chi connectivity index (χ2v) is 7.39. The molecule has 2 aromatic rings. The molecule has 7 heteroatoms. The van der Waals surface area contributed by atoms with E-state index in [4.69, 9.17) is 0 Å². The first kappa shape index (κ1) is 17.9. The van der Waals surface area contributed by atoms with Gasteiger partial charge in [-0.25, -0.2) is 8.42 Å². The van der Waals surface area contributed by atoms with Gasteiger partial charge in [0.2, 0.25) is 0 Å². The number of hydrogen-bond donors (Lipinski definition) is 1. The summed E-state index contributed by atoms with van der Waals surface area (Å²) < 4.78 is 27.8. The van der Waals surface area contributed by atoms with Gasteiger partial charge in [0.1, 0.15) is 0 Å². The molecule has 128 valence electrons. The first-order chi connectivity index (χ1) is 11.3. The Kier molecular flexibility index (Phi) is 5.23. The highest BCUT2D eigenvalue weighted by molar-refractivity contribution is 7.92. The molecule has 24 heavy (non-hydrogen) atoms. The molecule has 1 atom stereocenters. The molecular formula is C17H20N2O4S. The van der Waals surface area contributed by atoms with Gasteiger partial charge in [-0.2, -0.15) is 0 Å². The van der Waals surface area contributed by atoms with Gasteiger partial charge in [-0.15, -0.1) is 0 Å². The molecule has 0 fully saturated rings. The maximum absolute atomic E-state index is 12.6. The minimum absolute atomic E-state index is 0.126. The van der Waals surface area contributed by atoms with Gasteiger partial charge in [0.25, 0.3) is 15.7 Å². The van der Waals surface area contributed by atoms with Crippen molar-refractivity contribution >= 4 is 21.4 Å². The summed E-state index contributed by atoms with van der Waals surface area (Å²) in [6.07, 6.45) is 0.870. The van der Waals surface area contributed by atoms with E-state index in [1.165, 1.54) is 12.1 Å². The first-order valence-electron chi connectivity index (χ1n) is 7.63. The largest absolute Gasteiger partial charge is 0.279 e. The van der Waals surface area contributed by atoms with E-state index >= 15 is 0 Å². The van der Waals surface area contributed by atoms with Crippen LogP contribution in [0.5, 0.6) is 0 Å². The molecule has 0 aliphatic carbocycles. The summed E-state index contributed by atoms with van der Waals surface area (Å²) in [5, 5.41) is 11.0. The first-order valence-corrected chi connectivity index (χ1v) is 9.11. The van der Waals surface area contributed by atoms with Crippen molar-refractivity contribution in [2.24, 2.45) is 0 Å². The SMILES string of the molecule is CC[C@@H](C)c1ccccc1NS(=O)(=O)c1ccc(C)c([N+](=O)[O-])c1. The average molecular weight is 348 g/mol. The Morgan fingerprint density at radius 1 is 1.21 bits per heavy atom. The summed E-state index contributed by atoms with van der Waals surface area (Å²) in [6.45, 7) is 5.61. The van der Waals surface area contributed by atoms with E-state index in [0.717, 1.165) is 18.1 Å². The number of nitro benzene ring substituents is 1. The van der Waals surface area contributed by atoms with E-state index in [2.05, 4.69) is 4.72 Å². The Morgan fingerprint density at radius 2 is 1.88 bits per heavy atom. The zero-order valence-electron chi connectivity index (χ0n) is 13.8. The summed E-state index contributed by atoms with van der Waals surface area (Å²) in [5.74, 6) is 0.191. The fourth-order valence-electron chi connectivity index (χ4n) is 2.40. The van der Waals surface area contributed by atoms with E-state index in [0.29, 0.717) is 11.3 Å². The predicted octanol–water partition coefficient (Wildman–Crippen LogP) is 4.22. The summed E-state index contributed by atoms with van der Waals surface area (Å²) in [5.41, 5.74) is 1.59. The third-order valence-electron chi connectivity index (χ3n) is 4.04. The van der Waals surface area contributed by atoms with Crippen LogP contribution in [-0.4, -0.2) is 13.3 Å². The predicted molar refractivity (Wildman–Crippen MR) is 93.8 cm³/mol. The number of hydrogen-bond acceptors (Lipinski definition) is 4. The van der Waals surface area contributed by atoms with Crippen molar-refractivity contribution in [1.29, 1.82) is 0 Å². The van der Waals surface area contributed by atoms with E-state index in [1.807, 2.05) is 26.0 Å². The monoisotopic (exact) mass is 348 g/mol. The van der Waals surface area contributed by atoms with Crippen LogP contribution < -0.4 is 4.72 Å². The molecule has 0 aromatic heterocycles. The second kappa shape index (κ2) is 7.00. The lowest BCUT2D eigenvalue weighted by molar-refractivity contribution is -0.385. The Bertz CT molecular complexity index is 863.